The van der Waals surface area contributed by atoms with Gasteiger partial charge in [-0.05, 0) is 61.7 Å². The lowest BCUT2D eigenvalue weighted by molar-refractivity contribution is -0.131. The van der Waals surface area contributed by atoms with Crippen molar-refractivity contribution in [1.82, 2.24) is 4.90 Å². The Balaban J connectivity index is 1.57. The van der Waals surface area contributed by atoms with Crippen molar-refractivity contribution < 1.29 is 23.7 Å². The third-order valence-corrected chi connectivity index (χ3v) is 6.32. The molecule has 0 radical (unpaired) electrons. The summed E-state index contributed by atoms with van der Waals surface area (Å²) in [5.41, 5.74) is 3.26. The first kappa shape index (κ1) is 25.4. The summed E-state index contributed by atoms with van der Waals surface area (Å²) in [5, 5.41) is 0. The molecule has 0 spiro atoms. The topological polar surface area (TPSA) is 57.2 Å². The van der Waals surface area contributed by atoms with Gasteiger partial charge < -0.3 is 23.8 Å². The third kappa shape index (κ3) is 6.11. The van der Waals surface area contributed by atoms with Gasteiger partial charge in [-0.25, -0.2) is 0 Å². The molecule has 1 atom stereocenters. The lowest BCUT2D eigenvalue weighted by Crippen LogP contribution is -2.31. The number of para-hydroxylation sites is 1. The molecule has 190 valence electrons. The SMILES string of the molecule is CCC(=O)N(CCC(c1ccc2c(c1)OCO2)c1ccccc1OC)Cc1ccc(OC(C)C)cc1. The maximum Gasteiger partial charge on any atom is 0.231 e. The summed E-state index contributed by atoms with van der Waals surface area (Å²) in [6, 6.07) is 22.1. The van der Waals surface area contributed by atoms with Crippen LogP contribution in [-0.2, 0) is 11.3 Å². The van der Waals surface area contributed by atoms with Crippen molar-refractivity contribution in [2.45, 2.75) is 52.2 Å². The van der Waals surface area contributed by atoms with E-state index in [1.807, 2.05) is 80.3 Å². The highest BCUT2D eigenvalue weighted by Crippen LogP contribution is 2.40. The number of methoxy groups -OCH3 is 1. The Hall–Kier alpha value is -3.67. The normalized spacial score (nSPS) is 12.9. The zero-order valence-corrected chi connectivity index (χ0v) is 21.5. The van der Waals surface area contributed by atoms with Crippen LogP contribution in [0.15, 0.2) is 66.7 Å². The van der Waals surface area contributed by atoms with Crippen LogP contribution in [0.4, 0.5) is 0 Å². The highest BCUT2D eigenvalue weighted by atomic mass is 16.7. The van der Waals surface area contributed by atoms with Crippen molar-refractivity contribution in [3.05, 3.63) is 83.4 Å². The molecule has 0 bridgehead atoms. The second-order valence-corrected chi connectivity index (χ2v) is 9.18. The van der Waals surface area contributed by atoms with Gasteiger partial charge in [0.05, 0.1) is 13.2 Å². The Labute approximate surface area is 213 Å². The van der Waals surface area contributed by atoms with E-state index in [1.54, 1.807) is 7.11 Å². The molecular formula is C30H35NO5. The summed E-state index contributed by atoms with van der Waals surface area (Å²) >= 11 is 0. The summed E-state index contributed by atoms with van der Waals surface area (Å²) in [7, 11) is 1.69. The van der Waals surface area contributed by atoms with Gasteiger partial charge in [0, 0.05) is 31.0 Å². The molecule has 3 aromatic rings. The van der Waals surface area contributed by atoms with Gasteiger partial charge in [-0.15, -0.1) is 0 Å². The Bertz CT molecular complexity index is 1160. The minimum atomic E-state index is 0.0182. The van der Waals surface area contributed by atoms with E-state index in [4.69, 9.17) is 18.9 Å². The summed E-state index contributed by atoms with van der Waals surface area (Å²) in [5.74, 6) is 3.31. The number of nitrogens with zero attached hydrogens (tertiary/aromatic N) is 1. The number of hydrogen-bond donors (Lipinski definition) is 0. The van der Waals surface area contributed by atoms with E-state index >= 15 is 0 Å². The first-order valence-electron chi connectivity index (χ1n) is 12.5. The molecule has 1 amide bonds. The van der Waals surface area contributed by atoms with Gasteiger partial charge >= 0.3 is 0 Å². The van der Waals surface area contributed by atoms with Crippen molar-refractivity contribution in [2.24, 2.45) is 0 Å². The molecular weight excluding hydrogens is 454 g/mol. The summed E-state index contributed by atoms with van der Waals surface area (Å²) < 4.78 is 22.6. The molecule has 1 unspecified atom stereocenters. The highest BCUT2D eigenvalue weighted by molar-refractivity contribution is 5.75. The fourth-order valence-electron chi connectivity index (χ4n) is 4.55. The van der Waals surface area contributed by atoms with E-state index in [-0.39, 0.29) is 24.7 Å². The van der Waals surface area contributed by atoms with Gasteiger partial charge in [0.1, 0.15) is 11.5 Å². The molecule has 0 saturated heterocycles. The predicted molar refractivity (Wildman–Crippen MR) is 140 cm³/mol. The second kappa shape index (κ2) is 11.8. The maximum atomic E-state index is 12.9. The van der Waals surface area contributed by atoms with Crippen LogP contribution in [0.3, 0.4) is 0 Å². The van der Waals surface area contributed by atoms with Crippen molar-refractivity contribution in [3.63, 3.8) is 0 Å². The van der Waals surface area contributed by atoms with Crippen LogP contribution in [0.2, 0.25) is 0 Å². The van der Waals surface area contributed by atoms with Gasteiger partial charge in [-0.3, -0.25) is 4.79 Å². The average Bonchev–Trinajstić information content (AvgIpc) is 3.37. The van der Waals surface area contributed by atoms with E-state index in [2.05, 4.69) is 12.1 Å². The van der Waals surface area contributed by atoms with E-state index < -0.39 is 0 Å². The Morgan fingerprint density at radius 2 is 1.75 bits per heavy atom. The van der Waals surface area contributed by atoms with Crippen LogP contribution in [0.1, 0.15) is 56.2 Å². The molecule has 0 aliphatic carbocycles. The summed E-state index contributed by atoms with van der Waals surface area (Å²) in [4.78, 5) is 14.9. The van der Waals surface area contributed by atoms with Gasteiger partial charge in [-0.2, -0.15) is 0 Å². The van der Waals surface area contributed by atoms with E-state index in [0.717, 1.165) is 46.1 Å². The van der Waals surface area contributed by atoms with Crippen LogP contribution < -0.4 is 18.9 Å². The third-order valence-electron chi connectivity index (χ3n) is 6.32. The van der Waals surface area contributed by atoms with Crippen molar-refractivity contribution >= 4 is 5.91 Å². The molecule has 6 nitrogen and oxygen atoms in total. The number of ether oxygens (including phenoxy) is 4. The monoisotopic (exact) mass is 489 g/mol. The first-order valence-corrected chi connectivity index (χ1v) is 12.5. The molecule has 0 N–H and O–H groups in total. The van der Waals surface area contributed by atoms with Gasteiger partial charge in [0.2, 0.25) is 12.7 Å². The predicted octanol–water partition coefficient (Wildman–Crippen LogP) is 6.17. The van der Waals surface area contributed by atoms with Crippen LogP contribution in [-0.4, -0.2) is 37.4 Å². The van der Waals surface area contributed by atoms with Gasteiger partial charge in [0.25, 0.3) is 0 Å². The van der Waals surface area contributed by atoms with Gasteiger partial charge in [-0.1, -0.05) is 43.3 Å². The minimum absolute atomic E-state index is 0.0182. The molecule has 1 aliphatic heterocycles. The van der Waals surface area contributed by atoms with Crippen molar-refractivity contribution in [3.8, 4) is 23.0 Å². The molecule has 0 fully saturated rings. The molecule has 1 heterocycles. The number of rotatable bonds is 11. The largest absolute Gasteiger partial charge is 0.496 e. The number of hydrogen-bond acceptors (Lipinski definition) is 5. The molecule has 3 aromatic carbocycles. The summed E-state index contributed by atoms with van der Waals surface area (Å²) in [6.07, 6.45) is 1.31. The smallest absolute Gasteiger partial charge is 0.231 e. The average molecular weight is 490 g/mol. The molecule has 0 saturated carbocycles. The fraction of sp³-hybridized carbons (Fsp3) is 0.367. The quantitative estimate of drug-likeness (QED) is 0.322. The highest BCUT2D eigenvalue weighted by Gasteiger charge is 2.24. The van der Waals surface area contributed by atoms with Crippen molar-refractivity contribution in [1.29, 1.82) is 0 Å². The summed E-state index contributed by atoms with van der Waals surface area (Å²) in [6.45, 7) is 7.31. The van der Waals surface area contributed by atoms with Crippen LogP contribution >= 0.6 is 0 Å². The first-order chi connectivity index (χ1) is 17.5. The van der Waals surface area contributed by atoms with E-state index in [0.29, 0.717) is 19.5 Å². The number of fused-ring (bicyclic) bond motifs is 1. The number of benzene rings is 3. The zero-order valence-electron chi connectivity index (χ0n) is 21.5. The Morgan fingerprint density at radius 1 is 1.00 bits per heavy atom. The van der Waals surface area contributed by atoms with Crippen LogP contribution in [0.5, 0.6) is 23.0 Å². The number of carbonyl (C=O) groups is 1. The Morgan fingerprint density at radius 3 is 2.47 bits per heavy atom. The fourth-order valence-corrected chi connectivity index (χ4v) is 4.55. The number of carbonyl (C=O) groups excluding carboxylic acids is 1. The number of amides is 1. The van der Waals surface area contributed by atoms with E-state index in [1.165, 1.54) is 0 Å². The lowest BCUT2D eigenvalue weighted by Gasteiger charge is -2.27. The minimum Gasteiger partial charge on any atom is -0.496 e. The molecule has 4 rings (SSSR count). The standard InChI is InChI=1S/C30H35NO5/c1-5-30(32)31(19-22-10-13-24(14-11-22)36-21(2)3)17-16-25(26-8-6-7-9-27(26)33-4)23-12-15-28-29(18-23)35-20-34-28/h6-15,18,21,25H,5,16-17,19-20H2,1-4H3. The van der Waals surface area contributed by atoms with Gasteiger partial charge in [0.15, 0.2) is 11.5 Å². The molecule has 6 heteroatoms. The molecule has 1 aliphatic rings. The van der Waals surface area contributed by atoms with Crippen LogP contribution in [0.25, 0.3) is 0 Å². The lowest BCUT2D eigenvalue weighted by atomic mass is 9.87. The molecule has 36 heavy (non-hydrogen) atoms. The van der Waals surface area contributed by atoms with E-state index in [9.17, 15) is 4.79 Å². The second-order valence-electron chi connectivity index (χ2n) is 9.18. The maximum absolute atomic E-state index is 12.9. The Kier molecular flexibility index (Phi) is 8.36. The molecule has 0 aromatic heterocycles. The zero-order chi connectivity index (χ0) is 25.5. The van der Waals surface area contributed by atoms with Crippen LogP contribution in [0, 0.1) is 0 Å². The van der Waals surface area contributed by atoms with Crippen molar-refractivity contribution in [2.75, 3.05) is 20.4 Å².